The van der Waals surface area contributed by atoms with Crippen molar-refractivity contribution in [3.63, 3.8) is 0 Å². The predicted octanol–water partition coefficient (Wildman–Crippen LogP) is 2.66. The lowest BCUT2D eigenvalue weighted by Crippen LogP contribution is -2.42. The highest BCUT2D eigenvalue weighted by Crippen LogP contribution is 2.22. The number of amidine groups is 2. The minimum absolute atomic E-state index is 0.162. The monoisotopic (exact) mass is 363 g/mol. The van der Waals surface area contributed by atoms with E-state index in [0.717, 1.165) is 35.8 Å². The zero-order valence-corrected chi connectivity index (χ0v) is 15.0. The van der Waals surface area contributed by atoms with Crippen molar-refractivity contribution in [2.24, 2.45) is 15.0 Å². The fourth-order valence-electron chi connectivity index (χ4n) is 2.94. The van der Waals surface area contributed by atoms with Crippen LogP contribution >= 0.6 is 0 Å². The Balaban J connectivity index is 1.99. The van der Waals surface area contributed by atoms with Gasteiger partial charge in [0.15, 0.2) is 5.84 Å². The second-order valence-corrected chi connectivity index (χ2v) is 6.15. The van der Waals surface area contributed by atoms with Gasteiger partial charge in [-0.3, -0.25) is 4.99 Å². The molecule has 0 spiro atoms. The molecule has 0 saturated carbocycles. The fraction of sp³-hybridized carbons (Fsp3) is 0.300. The number of aliphatic imine (C=N–C) groups is 3. The molecule has 2 aliphatic rings. The highest BCUT2D eigenvalue weighted by atomic mass is 16.5. The van der Waals surface area contributed by atoms with Crippen molar-refractivity contribution in [3.05, 3.63) is 53.4 Å². The summed E-state index contributed by atoms with van der Waals surface area (Å²) >= 11 is 0. The molecule has 0 atom stereocenters. The molecule has 0 radical (unpaired) electrons. The maximum Gasteiger partial charge on any atom is 0.161 e. The molecule has 0 bridgehead atoms. The average molecular weight is 363 g/mol. The summed E-state index contributed by atoms with van der Waals surface area (Å²) in [5, 5.41) is 18.8. The molecule has 0 aromatic heterocycles. The molecule has 1 fully saturated rings. The number of allylic oxidation sites excluding steroid dienone is 2. The molecule has 0 unspecified atom stereocenters. The van der Waals surface area contributed by atoms with Crippen LogP contribution in [0.3, 0.4) is 0 Å². The van der Waals surface area contributed by atoms with E-state index in [0.29, 0.717) is 25.5 Å². The normalized spacial score (nSPS) is 19.3. The molecule has 3 rings (SSSR count). The first-order valence-corrected chi connectivity index (χ1v) is 8.70. The number of benzene rings is 1. The lowest BCUT2D eigenvalue weighted by Gasteiger charge is -2.31. The van der Waals surface area contributed by atoms with E-state index in [4.69, 9.17) is 15.0 Å². The number of nitrogens with zero attached hydrogens (tertiary/aromatic N) is 5. The maximum absolute atomic E-state index is 9.80. The van der Waals surface area contributed by atoms with E-state index in [2.05, 4.69) is 27.7 Å². The minimum Gasteiger partial charge on any atom is -0.508 e. The Morgan fingerprint density at radius 3 is 2.89 bits per heavy atom. The van der Waals surface area contributed by atoms with E-state index in [1.807, 2.05) is 12.1 Å². The zero-order chi connectivity index (χ0) is 19.1. The molecular formula is C20H21N5O2. The summed E-state index contributed by atoms with van der Waals surface area (Å²) in [7, 11) is 0. The number of morpholine rings is 1. The van der Waals surface area contributed by atoms with Crippen LogP contribution in [0.4, 0.5) is 0 Å². The molecule has 2 aliphatic heterocycles. The second-order valence-electron chi connectivity index (χ2n) is 6.15. The van der Waals surface area contributed by atoms with Crippen LogP contribution in [0.15, 0.2) is 62.8 Å². The average Bonchev–Trinajstić information content (AvgIpc) is 2.69. The van der Waals surface area contributed by atoms with Crippen LogP contribution in [0.25, 0.3) is 0 Å². The molecule has 1 saturated heterocycles. The summed E-state index contributed by atoms with van der Waals surface area (Å²) < 4.78 is 5.43. The third kappa shape index (κ3) is 4.90. The second kappa shape index (κ2) is 8.92. The summed E-state index contributed by atoms with van der Waals surface area (Å²) in [6.45, 7) is 6.33. The van der Waals surface area contributed by atoms with Gasteiger partial charge < -0.3 is 14.7 Å². The number of hydrogen-bond donors (Lipinski definition) is 1. The highest BCUT2D eigenvalue weighted by Gasteiger charge is 2.21. The van der Waals surface area contributed by atoms with Gasteiger partial charge in [-0.25, -0.2) is 9.98 Å². The van der Waals surface area contributed by atoms with Gasteiger partial charge in [-0.2, -0.15) is 5.26 Å². The van der Waals surface area contributed by atoms with Crippen LogP contribution in [0.2, 0.25) is 0 Å². The topological polar surface area (TPSA) is 93.6 Å². The van der Waals surface area contributed by atoms with E-state index in [1.165, 1.54) is 0 Å². The first kappa shape index (κ1) is 18.5. The molecule has 1 aromatic rings. The van der Waals surface area contributed by atoms with Crippen molar-refractivity contribution in [2.75, 3.05) is 26.3 Å². The Kier molecular flexibility index (Phi) is 6.13. The molecule has 1 aromatic carbocycles. The molecule has 2 heterocycles. The van der Waals surface area contributed by atoms with E-state index in [1.54, 1.807) is 24.4 Å². The van der Waals surface area contributed by atoms with Crippen LogP contribution in [-0.4, -0.2) is 54.7 Å². The summed E-state index contributed by atoms with van der Waals surface area (Å²) in [6, 6.07) is 9.00. The van der Waals surface area contributed by atoms with Crippen LogP contribution in [0.5, 0.6) is 5.75 Å². The van der Waals surface area contributed by atoms with Gasteiger partial charge in [-0.1, -0.05) is 12.1 Å². The number of phenolic OH excluding ortho intramolecular Hbond substituents is 1. The number of nitriles is 1. The van der Waals surface area contributed by atoms with Crippen molar-refractivity contribution in [1.29, 1.82) is 5.26 Å². The van der Waals surface area contributed by atoms with Gasteiger partial charge in [0, 0.05) is 31.3 Å². The number of aromatic hydroxyl groups is 1. The van der Waals surface area contributed by atoms with E-state index in [-0.39, 0.29) is 12.2 Å². The van der Waals surface area contributed by atoms with Crippen LogP contribution in [0.1, 0.15) is 18.4 Å². The molecule has 7 nitrogen and oxygen atoms in total. The summed E-state index contributed by atoms with van der Waals surface area (Å²) in [5.74, 6) is 1.60. The van der Waals surface area contributed by atoms with Crippen molar-refractivity contribution in [1.82, 2.24) is 4.90 Å². The Hall–Kier alpha value is -3.24. The number of ether oxygens (including phenoxy) is 1. The summed E-state index contributed by atoms with van der Waals surface area (Å²) in [5.41, 5.74) is 2.26. The first-order chi connectivity index (χ1) is 13.2. The Labute approximate surface area is 158 Å². The number of rotatable bonds is 4. The minimum atomic E-state index is 0.162. The molecule has 7 heteroatoms. The Morgan fingerprint density at radius 2 is 2.19 bits per heavy atom. The maximum atomic E-state index is 9.80. The van der Waals surface area contributed by atoms with Crippen LogP contribution in [0, 0.1) is 11.3 Å². The Morgan fingerprint density at radius 1 is 1.37 bits per heavy atom. The SMILES string of the molecule is C=N/C=C(\C=C1/CC(N2CCOCC2)=NC(c2cccc(O)c2)=N1)CC#N. The standard InChI is InChI=1S/C20H21N5O2/c1-22-14-15(5-6-21)11-17-13-19(25-7-9-27-10-8-25)24-20(23-17)16-3-2-4-18(26)12-16/h2-4,11-12,14,26H,1,5,7-10,13H2/b15-14-,17-11+. The van der Waals surface area contributed by atoms with Gasteiger partial charge in [0.25, 0.3) is 0 Å². The van der Waals surface area contributed by atoms with Gasteiger partial charge in [0.1, 0.15) is 11.6 Å². The van der Waals surface area contributed by atoms with E-state index >= 15 is 0 Å². The lowest BCUT2D eigenvalue weighted by atomic mass is 10.1. The smallest absolute Gasteiger partial charge is 0.161 e. The third-order valence-electron chi connectivity index (χ3n) is 4.20. The molecule has 138 valence electrons. The van der Waals surface area contributed by atoms with Gasteiger partial charge in [-0.15, -0.1) is 0 Å². The quantitative estimate of drug-likeness (QED) is 0.832. The van der Waals surface area contributed by atoms with Crippen molar-refractivity contribution in [2.45, 2.75) is 12.8 Å². The lowest BCUT2D eigenvalue weighted by molar-refractivity contribution is 0.0674. The zero-order valence-electron chi connectivity index (χ0n) is 15.0. The van der Waals surface area contributed by atoms with E-state index in [9.17, 15) is 5.11 Å². The van der Waals surface area contributed by atoms with Crippen LogP contribution in [-0.2, 0) is 4.74 Å². The number of phenols is 1. The number of hydrogen-bond acceptors (Lipinski definition) is 7. The van der Waals surface area contributed by atoms with E-state index < -0.39 is 0 Å². The van der Waals surface area contributed by atoms with Gasteiger partial charge in [0.2, 0.25) is 0 Å². The van der Waals surface area contributed by atoms with Crippen LogP contribution < -0.4 is 0 Å². The molecule has 0 amide bonds. The van der Waals surface area contributed by atoms with Gasteiger partial charge >= 0.3 is 0 Å². The van der Waals surface area contributed by atoms with Crippen molar-refractivity contribution >= 4 is 18.4 Å². The summed E-state index contributed by atoms with van der Waals surface area (Å²) in [6.07, 6.45) is 4.21. The molecular weight excluding hydrogens is 342 g/mol. The molecule has 0 aliphatic carbocycles. The predicted molar refractivity (Wildman–Crippen MR) is 105 cm³/mol. The first-order valence-electron chi connectivity index (χ1n) is 8.70. The largest absolute Gasteiger partial charge is 0.508 e. The Bertz CT molecular complexity index is 871. The third-order valence-corrected chi connectivity index (χ3v) is 4.20. The van der Waals surface area contributed by atoms with Crippen molar-refractivity contribution in [3.8, 4) is 11.8 Å². The highest BCUT2D eigenvalue weighted by molar-refractivity contribution is 6.09. The summed E-state index contributed by atoms with van der Waals surface area (Å²) in [4.78, 5) is 15.3. The van der Waals surface area contributed by atoms with Crippen molar-refractivity contribution < 1.29 is 9.84 Å². The fourth-order valence-corrected chi connectivity index (χ4v) is 2.94. The van der Waals surface area contributed by atoms with Gasteiger partial charge in [0.05, 0.1) is 31.4 Å². The van der Waals surface area contributed by atoms with Gasteiger partial charge in [-0.05, 0) is 30.5 Å². The molecule has 27 heavy (non-hydrogen) atoms. The molecule has 1 N–H and O–H groups in total.